The number of nitrogens with zero attached hydrogens (tertiary/aromatic N) is 2. The minimum Gasteiger partial charge on any atom is -0.452 e. The Balaban J connectivity index is 2.84. The number of hydrogen-bond acceptors (Lipinski definition) is 4. The highest BCUT2D eigenvalue weighted by Gasteiger charge is 2.27. The number of aryl methyl sites for hydroxylation is 1. The molecule has 1 aromatic carbocycles. The van der Waals surface area contributed by atoms with Crippen LogP contribution in [0.15, 0.2) is 35.4 Å². The molecule has 0 aliphatic carbocycles. The van der Waals surface area contributed by atoms with E-state index in [4.69, 9.17) is 0 Å². The van der Waals surface area contributed by atoms with E-state index in [2.05, 4.69) is 46.1 Å². The topological polar surface area (TPSA) is 53.9 Å². The number of benzene rings is 1. The Morgan fingerprint density at radius 2 is 1.90 bits per heavy atom. The maximum absolute atomic E-state index is 11.2. The van der Waals surface area contributed by atoms with Crippen molar-refractivity contribution < 1.29 is 9.53 Å². The van der Waals surface area contributed by atoms with E-state index in [9.17, 15) is 4.79 Å². The monoisotopic (exact) mass is 291 g/mol. The fraction of sp³-hybridized carbons (Fsp3) is 0.500. The number of ether oxygens (including phenoxy) is 1. The first kappa shape index (κ1) is 17.2. The van der Waals surface area contributed by atoms with Crippen LogP contribution >= 0.6 is 0 Å². The molecule has 0 saturated heterocycles. The normalized spacial score (nSPS) is 12.4. The van der Waals surface area contributed by atoms with Crippen molar-refractivity contribution in [3.8, 4) is 0 Å². The van der Waals surface area contributed by atoms with Crippen LogP contribution in [0.4, 0.5) is 4.79 Å². The molecule has 1 rings (SSSR count). The summed E-state index contributed by atoms with van der Waals surface area (Å²) in [5.74, 6) is 0. The number of carbonyl (C=O) groups is 1. The molecule has 1 amide bonds. The fourth-order valence-corrected chi connectivity index (χ4v) is 1.82. The van der Waals surface area contributed by atoms with E-state index in [1.807, 2.05) is 32.3 Å². The first-order chi connectivity index (χ1) is 9.87. The van der Waals surface area contributed by atoms with Crippen LogP contribution in [-0.2, 0) is 11.2 Å². The van der Waals surface area contributed by atoms with Gasteiger partial charge in [0.25, 0.3) is 0 Å². The van der Waals surface area contributed by atoms with Gasteiger partial charge in [-0.15, -0.1) is 0 Å². The zero-order valence-electron chi connectivity index (χ0n) is 13.5. The van der Waals surface area contributed by atoms with E-state index in [1.165, 1.54) is 12.7 Å². The minimum atomic E-state index is -0.554. The molecule has 0 unspecified atom stereocenters. The highest BCUT2D eigenvalue weighted by atomic mass is 16.5. The lowest BCUT2D eigenvalue weighted by Crippen LogP contribution is -2.46. The summed E-state index contributed by atoms with van der Waals surface area (Å²) in [4.78, 5) is 13.3. The predicted molar refractivity (Wildman–Crippen MR) is 85.5 cm³/mol. The summed E-state index contributed by atoms with van der Waals surface area (Å²) in [5.41, 5.74) is 4.33. The summed E-state index contributed by atoms with van der Waals surface area (Å²) in [5, 5.41) is 4.25. The zero-order valence-corrected chi connectivity index (χ0v) is 13.5. The highest BCUT2D eigenvalue weighted by Crippen LogP contribution is 2.17. The molecule has 116 valence electrons. The lowest BCUT2D eigenvalue weighted by molar-refractivity contribution is 0.171. The van der Waals surface area contributed by atoms with Crippen molar-refractivity contribution in [2.45, 2.75) is 32.2 Å². The van der Waals surface area contributed by atoms with E-state index >= 15 is 0 Å². The number of hydrogen-bond donors (Lipinski definition) is 1. The molecule has 0 radical (unpaired) electrons. The molecule has 0 fully saturated rings. The second kappa shape index (κ2) is 7.78. The van der Waals surface area contributed by atoms with Crippen molar-refractivity contribution in [2.24, 2.45) is 5.10 Å². The van der Waals surface area contributed by atoms with Gasteiger partial charge >= 0.3 is 6.09 Å². The van der Waals surface area contributed by atoms with Crippen LogP contribution in [0.3, 0.4) is 0 Å². The number of methoxy groups -OCH3 is 1. The lowest BCUT2D eigenvalue weighted by Gasteiger charge is -2.34. The summed E-state index contributed by atoms with van der Waals surface area (Å²) in [6.07, 6.45) is 1.08. The molecular weight excluding hydrogens is 266 g/mol. The molecule has 5 nitrogen and oxygen atoms in total. The third-order valence-corrected chi connectivity index (χ3v) is 3.79. The number of amides is 1. The Morgan fingerprint density at radius 3 is 2.43 bits per heavy atom. The van der Waals surface area contributed by atoms with Gasteiger partial charge in [0.05, 0.1) is 18.4 Å². The predicted octanol–water partition coefficient (Wildman–Crippen LogP) is 2.67. The smallest absolute Gasteiger partial charge is 0.427 e. The first-order valence-electron chi connectivity index (χ1n) is 7.00. The van der Waals surface area contributed by atoms with Crippen molar-refractivity contribution in [3.63, 3.8) is 0 Å². The molecule has 0 bridgehead atoms. The number of carbonyl (C=O) groups excluding carboxylic acids is 1. The van der Waals surface area contributed by atoms with Crippen LogP contribution in [0.2, 0.25) is 0 Å². The van der Waals surface area contributed by atoms with Crippen molar-refractivity contribution in [1.82, 2.24) is 10.3 Å². The van der Waals surface area contributed by atoms with Gasteiger partial charge in [-0.25, -0.2) is 10.2 Å². The molecule has 0 aliphatic rings. The molecular formula is C16H25N3O2. The van der Waals surface area contributed by atoms with E-state index in [1.54, 1.807) is 0 Å². The largest absolute Gasteiger partial charge is 0.452 e. The zero-order chi connectivity index (χ0) is 15.9. The molecule has 0 aliphatic heterocycles. The van der Waals surface area contributed by atoms with E-state index in [-0.39, 0.29) is 5.54 Å². The first-order valence-corrected chi connectivity index (χ1v) is 7.00. The molecule has 5 heteroatoms. The highest BCUT2D eigenvalue weighted by molar-refractivity contribution is 5.93. The van der Waals surface area contributed by atoms with Crippen LogP contribution in [0.1, 0.15) is 25.8 Å². The van der Waals surface area contributed by atoms with Gasteiger partial charge in [0.2, 0.25) is 0 Å². The summed E-state index contributed by atoms with van der Waals surface area (Å²) in [6, 6.07) is 10.2. The molecule has 0 spiro atoms. The Morgan fingerprint density at radius 1 is 1.29 bits per heavy atom. The van der Waals surface area contributed by atoms with Crippen LogP contribution in [0.25, 0.3) is 0 Å². The van der Waals surface area contributed by atoms with E-state index in [0.717, 1.165) is 18.6 Å². The molecule has 0 atom stereocenters. The third kappa shape index (κ3) is 5.19. The standard InChI is InChI=1S/C16H25N3O2/c1-16(2,19(3)4)14(17-18-15(20)21-5)12-11-13-9-7-6-8-10-13/h6-10H,11-12H2,1-5H3,(H,18,20)/b17-14-. The fourth-order valence-electron chi connectivity index (χ4n) is 1.82. The summed E-state index contributed by atoms with van der Waals surface area (Å²) < 4.78 is 4.57. The Kier molecular flexibility index (Phi) is 6.37. The van der Waals surface area contributed by atoms with Crippen molar-refractivity contribution in [1.29, 1.82) is 0 Å². The average molecular weight is 291 g/mol. The van der Waals surface area contributed by atoms with Crippen LogP contribution < -0.4 is 5.43 Å². The van der Waals surface area contributed by atoms with Gasteiger partial charge in [-0.3, -0.25) is 4.90 Å². The van der Waals surface area contributed by atoms with Gasteiger partial charge in [-0.05, 0) is 46.3 Å². The van der Waals surface area contributed by atoms with Crippen LogP contribution in [-0.4, -0.2) is 43.4 Å². The summed E-state index contributed by atoms with van der Waals surface area (Å²) in [6.45, 7) is 4.16. The lowest BCUT2D eigenvalue weighted by atomic mass is 9.92. The Hall–Kier alpha value is -1.88. The van der Waals surface area contributed by atoms with Crippen molar-refractivity contribution >= 4 is 11.8 Å². The summed E-state index contributed by atoms with van der Waals surface area (Å²) >= 11 is 0. The van der Waals surface area contributed by atoms with Crippen molar-refractivity contribution in [2.75, 3.05) is 21.2 Å². The van der Waals surface area contributed by atoms with Gasteiger partial charge in [-0.2, -0.15) is 5.10 Å². The molecule has 0 aromatic heterocycles. The van der Waals surface area contributed by atoms with Gasteiger partial charge < -0.3 is 4.74 Å². The second-order valence-corrected chi connectivity index (χ2v) is 5.60. The van der Waals surface area contributed by atoms with Crippen molar-refractivity contribution in [3.05, 3.63) is 35.9 Å². The Bertz CT molecular complexity index is 482. The average Bonchev–Trinajstić information content (AvgIpc) is 2.47. The minimum absolute atomic E-state index is 0.254. The van der Waals surface area contributed by atoms with Gasteiger partial charge in [-0.1, -0.05) is 30.3 Å². The molecule has 1 aromatic rings. The Labute approximate surface area is 127 Å². The second-order valence-electron chi connectivity index (χ2n) is 5.60. The van der Waals surface area contributed by atoms with Gasteiger partial charge in [0.15, 0.2) is 0 Å². The van der Waals surface area contributed by atoms with E-state index in [0.29, 0.717) is 0 Å². The molecule has 1 N–H and O–H groups in total. The summed E-state index contributed by atoms with van der Waals surface area (Å²) in [7, 11) is 5.32. The number of rotatable bonds is 6. The van der Waals surface area contributed by atoms with E-state index < -0.39 is 6.09 Å². The quantitative estimate of drug-likeness (QED) is 0.647. The maximum atomic E-state index is 11.2. The number of nitrogens with one attached hydrogen (secondary N) is 1. The van der Waals surface area contributed by atoms with Crippen LogP contribution in [0.5, 0.6) is 0 Å². The maximum Gasteiger partial charge on any atom is 0.427 e. The SMILES string of the molecule is COC(=O)N/N=C(/CCc1ccccc1)C(C)(C)N(C)C. The van der Waals surface area contributed by atoms with Gasteiger partial charge in [0, 0.05) is 0 Å². The molecule has 21 heavy (non-hydrogen) atoms. The molecule has 0 saturated carbocycles. The van der Waals surface area contributed by atoms with Crippen LogP contribution in [0, 0.1) is 0 Å². The van der Waals surface area contributed by atoms with Gasteiger partial charge in [0.1, 0.15) is 0 Å². The number of hydrazone groups is 1. The third-order valence-electron chi connectivity index (χ3n) is 3.79. The molecule has 0 heterocycles.